The second kappa shape index (κ2) is 2.51. The molecule has 0 aromatic carbocycles. The van der Waals surface area contributed by atoms with Crippen molar-refractivity contribution < 1.29 is 0 Å². The summed E-state index contributed by atoms with van der Waals surface area (Å²) in [5.74, 6) is 0.576. The summed E-state index contributed by atoms with van der Waals surface area (Å²) >= 11 is 0. The van der Waals surface area contributed by atoms with E-state index in [4.69, 9.17) is 0 Å². The average molecular weight is 139 g/mol. The van der Waals surface area contributed by atoms with Crippen molar-refractivity contribution in [1.29, 1.82) is 0 Å². The van der Waals surface area contributed by atoms with Crippen molar-refractivity contribution in [3.05, 3.63) is 22.6 Å². The molecule has 4 nitrogen and oxygen atoms in total. The maximum Gasteiger partial charge on any atom is 0.254 e. The van der Waals surface area contributed by atoms with Gasteiger partial charge < -0.3 is 5.32 Å². The Morgan fingerprint density at radius 1 is 1.70 bits per heavy atom. The summed E-state index contributed by atoms with van der Waals surface area (Å²) in [4.78, 5) is 14.8. The number of nitrogens with one attached hydrogen (secondary N) is 1. The Morgan fingerprint density at radius 3 is 2.90 bits per heavy atom. The summed E-state index contributed by atoms with van der Waals surface area (Å²) in [5.41, 5.74) is -0.0562. The first-order valence-corrected chi connectivity index (χ1v) is 2.95. The van der Waals surface area contributed by atoms with E-state index in [0.717, 1.165) is 0 Å². The third-order valence-corrected chi connectivity index (χ3v) is 1.29. The summed E-state index contributed by atoms with van der Waals surface area (Å²) in [6.07, 6.45) is 1.48. The Hall–Kier alpha value is -1.32. The maximum absolute atomic E-state index is 10.9. The van der Waals surface area contributed by atoms with Crippen molar-refractivity contribution in [3.8, 4) is 0 Å². The van der Waals surface area contributed by atoms with Gasteiger partial charge in [-0.15, -0.1) is 0 Å². The van der Waals surface area contributed by atoms with Crippen molar-refractivity contribution in [2.24, 2.45) is 7.05 Å². The van der Waals surface area contributed by atoms with Crippen molar-refractivity contribution in [3.63, 3.8) is 0 Å². The normalized spacial score (nSPS) is 9.40. The standard InChI is InChI=1S/C6H9N3O/c1-7-6-8-4-3-5(10)9(6)2/h3-4H,1-2H3,(H,7,8). The Labute approximate surface area is 58.5 Å². The minimum atomic E-state index is -0.0562. The molecule has 1 heterocycles. The van der Waals surface area contributed by atoms with Crippen molar-refractivity contribution >= 4 is 5.95 Å². The lowest BCUT2D eigenvalue weighted by molar-refractivity contribution is 0.834. The van der Waals surface area contributed by atoms with Gasteiger partial charge in [-0.1, -0.05) is 0 Å². The molecule has 0 amide bonds. The van der Waals surface area contributed by atoms with E-state index in [2.05, 4.69) is 10.3 Å². The molecule has 1 aromatic heterocycles. The molecule has 0 radical (unpaired) electrons. The van der Waals surface area contributed by atoms with E-state index in [1.54, 1.807) is 14.1 Å². The molecule has 0 saturated carbocycles. The molecule has 1 N–H and O–H groups in total. The van der Waals surface area contributed by atoms with E-state index in [-0.39, 0.29) is 5.56 Å². The average Bonchev–Trinajstić information content (AvgIpc) is 1.95. The van der Waals surface area contributed by atoms with Crippen LogP contribution in [-0.2, 0) is 7.05 Å². The molecule has 4 heteroatoms. The molecule has 1 aromatic rings. The van der Waals surface area contributed by atoms with Crippen LogP contribution in [-0.4, -0.2) is 16.6 Å². The fourth-order valence-electron chi connectivity index (χ4n) is 0.707. The molecule has 0 aliphatic rings. The summed E-state index contributed by atoms with van der Waals surface area (Å²) in [6, 6.07) is 1.42. The fourth-order valence-corrected chi connectivity index (χ4v) is 0.707. The van der Waals surface area contributed by atoms with Gasteiger partial charge in [-0.25, -0.2) is 4.98 Å². The van der Waals surface area contributed by atoms with E-state index >= 15 is 0 Å². The first kappa shape index (κ1) is 6.80. The molecule has 54 valence electrons. The molecule has 0 atom stereocenters. The topological polar surface area (TPSA) is 46.9 Å². The molecule has 0 spiro atoms. The molecule has 1 rings (SSSR count). The smallest absolute Gasteiger partial charge is 0.254 e. The highest BCUT2D eigenvalue weighted by Crippen LogP contribution is 1.91. The van der Waals surface area contributed by atoms with Gasteiger partial charge in [0, 0.05) is 26.4 Å². The Kier molecular flexibility index (Phi) is 1.71. The number of nitrogens with zero attached hydrogens (tertiary/aromatic N) is 2. The lowest BCUT2D eigenvalue weighted by Crippen LogP contribution is -2.19. The van der Waals surface area contributed by atoms with E-state index < -0.39 is 0 Å². The zero-order valence-electron chi connectivity index (χ0n) is 5.96. The van der Waals surface area contributed by atoms with Crippen molar-refractivity contribution in [2.75, 3.05) is 12.4 Å². The third-order valence-electron chi connectivity index (χ3n) is 1.29. The molecular weight excluding hydrogens is 130 g/mol. The van der Waals surface area contributed by atoms with Crippen LogP contribution in [0, 0.1) is 0 Å². The van der Waals surface area contributed by atoms with Gasteiger partial charge in [-0.3, -0.25) is 9.36 Å². The predicted molar refractivity (Wildman–Crippen MR) is 39.0 cm³/mol. The number of hydrogen-bond acceptors (Lipinski definition) is 3. The zero-order valence-corrected chi connectivity index (χ0v) is 5.96. The Balaban J connectivity index is 3.28. The number of aromatic nitrogens is 2. The lowest BCUT2D eigenvalue weighted by Gasteiger charge is -2.02. The largest absolute Gasteiger partial charge is 0.359 e. The molecule has 0 unspecified atom stereocenters. The highest BCUT2D eigenvalue weighted by molar-refractivity contribution is 5.22. The minimum absolute atomic E-state index is 0.0562. The van der Waals surface area contributed by atoms with E-state index in [0.29, 0.717) is 5.95 Å². The summed E-state index contributed by atoms with van der Waals surface area (Å²) in [5, 5.41) is 2.79. The minimum Gasteiger partial charge on any atom is -0.359 e. The number of anilines is 1. The fraction of sp³-hybridized carbons (Fsp3) is 0.333. The SMILES string of the molecule is CNc1nccc(=O)n1C. The van der Waals surface area contributed by atoms with Gasteiger partial charge in [0.25, 0.3) is 5.56 Å². The second-order valence-corrected chi connectivity index (χ2v) is 1.92. The summed E-state index contributed by atoms with van der Waals surface area (Å²) in [7, 11) is 3.39. The van der Waals surface area contributed by atoms with E-state index in [1.165, 1.54) is 16.8 Å². The first-order valence-electron chi connectivity index (χ1n) is 2.95. The quantitative estimate of drug-likeness (QED) is 0.587. The molecule has 0 aliphatic carbocycles. The number of hydrogen-bond donors (Lipinski definition) is 1. The lowest BCUT2D eigenvalue weighted by atomic mass is 10.6. The van der Waals surface area contributed by atoms with Gasteiger partial charge in [0.1, 0.15) is 0 Å². The Morgan fingerprint density at radius 2 is 2.40 bits per heavy atom. The monoisotopic (exact) mass is 139 g/mol. The van der Waals surface area contributed by atoms with E-state index in [9.17, 15) is 4.79 Å². The predicted octanol–water partition coefficient (Wildman–Crippen LogP) is -0.178. The number of rotatable bonds is 1. The van der Waals surface area contributed by atoms with Crippen molar-refractivity contribution in [2.45, 2.75) is 0 Å². The van der Waals surface area contributed by atoms with Crippen LogP contribution in [0.5, 0.6) is 0 Å². The van der Waals surface area contributed by atoms with Crippen LogP contribution in [0.15, 0.2) is 17.1 Å². The highest BCUT2D eigenvalue weighted by Gasteiger charge is 1.94. The molecule has 0 saturated heterocycles. The second-order valence-electron chi connectivity index (χ2n) is 1.92. The van der Waals surface area contributed by atoms with Crippen LogP contribution < -0.4 is 10.9 Å². The maximum atomic E-state index is 10.9. The zero-order chi connectivity index (χ0) is 7.56. The highest BCUT2D eigenvalue weighted by atomic mass is 16.1. The van der Waals surface area contributed by atoms with Gasteiger partial charge in [-0.2, -0.15) is 0 Å². The van der Waals surface area contributed by atoms with Gasteiger partial charge in [0.15, 0.2) is 0 Å². The summed E-state index contributed by atoms with van der Waals surface area (Å²) in [6.45, 7) is 0. The molecule has 0 bridgehead atoms. The van der Waals surface area contributed by atoms with E-state index in [1.807, 2.05) is 0 Å². The third kappa shape index (κ3) is 1.00. The van der Waals surface area contributed by atoms with Crippen LogP contribution in [0.4, 0.5) is 5.95 Å². The first-order chi connectivity index (χ1) is 4.75. The van der Waals surface area contributed by atoms with Gasteiger partial charge in [0.2, 0.25) is 5.95 Å². The van der Waals surface area contributed by atoms with Crippen LogP contribution in [0.2, 0.25) is 0 Å². The van der Waals surface area contributed by atoms with Gasteiger partial charge in [-0.05, 0) is 0 Å². The van der Waals surface area contributed by atoms with Gasteiger partial charge in [0.05, 0.1) is 0 Å². The summed E-state index contributed by atoms with van der Waals surface area (Å²) < 4.78 is 1.44. The molecular formula is C6H9N3O. The van der Waals surface area contributed by atoms with Crippen LogP contribution in [0.25, 0.3) is 0 Å². The van der Waals surface area contributed by atoms with Crippen LogP contribution >= 0.6 is 0 Å². The van der Waals surface area contributed by atoms with Crippen molar-refractivity contribution in [1.82, 2.24) is 9.55 Å². The molecule has 10 heavy (non-hydrogen) atoms. The molecule has 0 aliphatic heterocycles. The van der Waals surface area contributed by atoms with Gasteiger partial charge >= 0.3 is 0 Å². The van der Waals surface area contributed by atoms with Crippen LogP contribution in [0.1, 0.15) is 0 Å². The van der Waals surface area contributed by atoms with Crippen LogP contribution in [0.3, 0.4) is 0 Å². The Bertz CT molecular complexity index is 279. The molecule has 0 fully saturated rings.